The molecular weight excluding hydrogens is 236 g/mol. The average molecular weight is 262 g/mol. The molecular formula is C16H26N2O. The van der Waals surface area contributed by atoms with Gasteiger partial charge in [-0.2, -0.15) is 0 Å². The van der Waals surface area contributed by atoms with Crippen molar-refractivity contribution in [3.05, 3.63) is 29.8 Å². The van der Waals surface area contributed by atoms with Gasteiger partial charge in [-0.15, -0.1) is 0 Å². The molecule has 1 aromatic carbocycles. The van der Waals surface area contributed by atoms with E-state index >= 15 is 0 Å². The lowest BCUT2D eigenvalue weighted by atomic mass is 10.0. The van der Waals surface area contributed by atoms with Gasteiger partial charge >= 0.3 is 0 Å². The van der Waals surface area contributed by atoms with Crippen LogP contribution in [0.5, 0.6) is 0 Å². The Morgan fingerprint density at radius 3 is 2.16 bits per heavy atom. The zero-order valence-corrected chi connectivity index (χ0v) is 12.7. The molecule has 1 amide bonds. The fourth-order valence-electron chi connectivity index (χ4n) is 1.87. The van der Waals surface area contributed by atoms with Crippen LogP contribution >= 0.6 is 0 Å². The fourth-order valence-corrected chi connectivity index (χ4v) is 1.87. The van der Waals surface area contributed by atoms with Gasteiger partial charge in [-0.05, 0) is 49.9 Å². The van der Waals surface area contributed by atoms with Gasteiger partial charge in [0.05, 0.1) is 0 Å². The highest BCUT2D eigenvalue weighted by Crippen LogP contribution is 2.13. The molecule has 3 nitrogen and oxygen atoms in total. The van der Waals surface area contributed by atoms with Crippen LogP contribution in [-0.2, 0) is 0 Å². The van der Waals surface area contributed by atoms with Gasteiger partial charge in [-0.1, -0.05) is 13.8 Å². The first-order valence-electron chi connectivity index (χ1n) is 6.98. The van der Waals surface area contributed by atoms with Crippen LogP contribution < -0.4 is 10.2 Å². The highest BCUT2D eigenvalue weighted by atomic mass is 16.1. The summed E-state index contributed by atoms with van der Waals surface area (Å²) in [5, 5.41) is 3.05. The van der Waals surface area contributed by atoms with E-state index in [0.29, 0.717) is 5.92 Å². The summed E-state index contributed by atoms with van der Waals surface area (Å²) in [6.45, 7) is 6.47. The molecule has 0 fully saturated rings. The largest absolute Gasteiger partial charge is 0.378 e. The Bertz CT molecular complexity index is 396. The SMILES string of the molecule is CC(C)CCC(C)NC(=O)c1ccc(N(C)C)cc1. The first-order chi connectivity index (χ1) is 8.90. The molecule has 0 spiro atoms. The van der Waals surface area contributed by atoms with Gasteiger partial charge in [0, 0.05) is 31.4 Å². The zero-order chi connectivity index (χ0) is 14.4. The molecule has 106 valence electrons. The van der Waals surface area contributed by atoms with E-state index in [1.807, 2.05) is 43.3 Å². The number of rotatable bonds is 6. The van der Waals surface area contributed by atoms with Crippen LogP contribution in [0.3, 0.4) is 0 Å². The van der Waals surface area contributed by atoms with Crippen molar-refractivity contribution in [1.82, 2.24) is 5.32 Å². The van der Waals surface area contributed by atoms with Gasteiger partial charge < -0.3 is 10.2 Å². The van der Waals surface area contributed by atoms with Crippen LogP contribution in [0, 0.1) is 5.92 Å². The van der Waals surface area contributed by atoms with Gasteiger partial charge in [0.2, 0.25) is 0 Å². The molecule has 1 N–H and O–H groups in total. The number of carbonyl (C=O) groups excluding carboxylic acids is 1. The number of nitrogens with one attached hydrogen (secondary N) is 1. The lowest BCUT2D eigenvalue weighted by molar-refractivity contribution is 0.0937. The number of anilines is 1. The van der Waals surface area contributed by atoms with Gasteiger partial charge in [0.25, 0.3) is 5.91 Å². The lowest BCUT2D eigenvalue weighted by Gasteiger charge is -2.16. The number of amides is 1. The van der Waals surface area contributed by atoms with Crippen molar-refractivity contribution >= 4 is 11.6 Å². The van der Waals surface area contributed by atoms with Crippen LogP contribution in [0.25, 0.3) is 0 Å². The van der Waals surface area contributed by atoms with Crippen molar-refractivity contribution in [3.8, 4) is 0 Å². The van der Waals surface area contributed by atoms with Crippen LogP contribution in [-0.4, -0.2) is 26.0 Å². The number of nitrogens with zero attached hydrogens (tertiary/aromatic N) is 1. The monoisotopic (exact) mass is 262 g/mol. The highest BCUT2D eigenvalue weighted by Gasteiger charge is 2.10. The van der Waals surface area contributed by atoms with Crippen molar-refractivity contribution < 1.29 is 4.79 Å². The number of hydrogen-bond donors (Lipinski definition) is 1. The normalized spacial score (nSPS) is 12.3. The molecule has 1 atom stereocenters. The van der Waals surface area contributed by atoms with Crippen molar-refractivity contribution in [2.45, 2.75) is 39.7 Å². The van der Waals surface area contributed by atoms with Gasteiger partial charge in [-0.25, -0.2) is 0 Å². The van der Waals surface area contributed by atoms with E-state index in [1.54, 1.807) is 0 Å². The van der Waals surface area contributed by atoms with E-state index in [0.717, 1.165) is 24.1 Å². The third kappa shape index (κ3) is 5.33. The maximum absolute atomic E-state index is 12.1. The van der Waals surface area contributed by atoms with Crippen molar-refractivity contribution in [1.29, 1.82) is 0 Å². The van der Waals surface area contributed by atoms with Crippen LogP contribution in [0.15, 0.2) is 24.3 Å². The molecule has 3 heteroatoms. The summed E-state index contributed by atoms with van der Waals surface area (Å²) < 4.78 is 0. The second kappa shape index (κ2) is 7.17. The van der Waals surface area contributed by atoms with Crippen LogP contribution in [0.4, 0.5) is 5.69 Å². The second-order valence-corrected chi connectivity index (χ2v) is 5.79. The van der Waals surface area contributed by atoms with Crippen LogP contribution in [0.1, 0.15) is 44.0 Å². The minimum Gasteiger partial charge on any atom is -0.378 e. The van der Waals surface area contributed by atoms with E-state index in [-0.39, 0.29) is 11.9 Å². The minimum atomic E-state index is 0.0153. The number of carbonyl (C=O) groups is 1. The number of benzene rings is 1. The lowest BCUT2D eigenvalue weighted by Crippen LogP contribution is -2.32. The molecule has 0 saturated heterocycles. The summed E-state index contributed by atoms with van der Waals surface area (Å²) in [7, 11) is 3.98. The Kier molecular flexibility index (Phi) is 5.87. The molecule has 1 rings (SSSR count). The first-order valence-corrected chi connectivity index (χ1v) is 6.98. The Labute approximate surface area is 117 Å². The Morgan fingerprint density at radius 2 is 1.68 bits per heavy atom. The molecule has 0 aliphatic carbocycles. The van der Waals surface area contributed by atoms with Crippen molar-refractivity contribution in [2.24, 2.45) is 5.92 Å². The Morgan fingerprint density at radius 1 is 1.11 bits per heavy atom. The average Bonchev–Trinajstić information content (AvgIpc) is 2.36. The smallest absolute Gasteiger partial charge is 0.251 e. The molecule has 0 aromatic heterocycles. The van der Waals surface area contributed by atoms with Crippen molar-refractivity contribution in [2.75, 3.05) is 19.0 Å². The predicted octanol–water partition coefficient (Wildman–Crippen LogP) is 3.31. The number of hydrogen-bond acceptors (Lipinski definition) is 2. The zero-order valence-electron chi connectivity index (χ0n) is 12.7. The van der Waals surface area contributed by atoms with E-state index in [2.05, 4.69) is 26.1 Å². The third-order valence-corrected chi connectivity index (χ3v) is 3.20. The standard InChI is InChI=1S/C16H26N2O/c1-12(2)6-7-13(3)17-16(19)14-8-10-15(11-9-14)18(4)5/h8-13H,6-7H2,1-5H3,(H,17,19). The molecule has 0 radical (unpaired) electrons. The second-order valence-electron chi connectivity index (χ2n) is 5.79. The summed E-state index contributed by atoms with van der Waals surface area (Å²) in [5.74, 6) is 0.695. The molecule has 19 heavy (non-hydrogen) atoms. The molecule has 0 saturated carbocycles. The predicted molar refractivity (Wildman–Crippen MR) is 81.8 cm³/mol. The molecule has 0 heterocycles. The summed E-state index contributed by atoms with van der Waals surface area (Å²) in [6, 6.07) is 7.91. The Balaban J connectivity index is 2.53. The third-order valence-electron chi connectivity index (χ3n) is 3.20. The minimum absolute atomic E-state index is 0.0153. The first kappa shape index (κ1) is 15.5. The van der Waals surface area contributed by atoms with Crippen LogP contribution in [0.2, 0.25) is 0 Å². The fraction of sp³-hybridized carbons (Fsp3) is 0.562. The van der Waals surface area contributed by atoms with E-state index in [9.17, 15) is 4.79 Å². The molecule has 1 aromatic rings. The maximum atomic E-state index is 12.1. The van der Waals surface area contributed by atoms with Crippen molar-refractivity contribution in [3.63, 3.8) is 0 Å². The topological polar surface area (TPSA) is 32.3 Å². The molecule has 0 aliphatic rings. The summed E-state index contributed by atoms with van der Waals surface area (Å²) >= 11 is 0. The summed E-state index contributed by atoms with van der Waals surface area (Å²) in [4.78, 5) is 14.1. The summed E-state index contributed by atoms with van der Waals surface area (Å²) in [5.41, 5.74) is 1.83. The van der Waals surface area contributed by atoms with Gasteiger partial charge in [0.1, 0.15) is 0 Å². The Hall–Kier alpha value is -1.51. The highest BCUT2D eigenvalue weighted by molar-refractivity contribution is 5.94. The van der Waals surface area contributed by atoms with Gasteiger partial charge in [-0.3, -0.25) is 4.79 Å². The molecule has 0 aliphatic heterocycles. The maximum Gasteiger partial charge on any atom is 0.251 e. The summed E-state index contributed by atoms with van der Waals surface area (Å²) in [6.07, 6.45) is 2.17. The molecule has 1 unspecified atom stereocenters. The van der Waals surface area contributed by atoms with E-state index < -0.39 is 0 Å². The quantitative estimate of drug-likeness (QED) is 0.853. The van der Waals surface area contributed by atoms with E-state index in [1.165, 1.54) is 0 Å². The molecule has 0 bridgehead atoms. The van der Waals surface area contributed by atoms with E-state index in [4.69, 9.17) is 0 Å². The van der Waals surface area contributed by atoms with Gasteiger partial charge in [0.15, 0.2) is 0 Å².